The van der Waals surface area contributed by atoms with Gasteiger partial charge in [0.25, 0.3) is 5.91 Å². The number of hydrogen-bond donors (Lipinski definition) is 2. The zero-order valence-electron chi connectivity index (χ0n) is 21.7. The van der Waals surface area contributed by atoms with E-state index in [2.05, 4.69) is 10.6 Å². The van der Waals surface area contributed by atoms with Crippen molar-refractivity contribution in [1.82, 2.24) is 15.3 Å². The Morgan fingerprint density at radius 1 is 0.868 bits per heavy atom. The number of fused-ring (bicyclic) bond motifs is 4. The highest BCUT2D eigenvalue weighted by Crippen LogP contribution is 2.38. The van der Waals surface area contributed by atoms with Gasteiger partial charge in [-0.2, -0.15) is 4.98 Å². The third kappa shape index (κ3) is 4.38. The first-order valence-corrected chi connectivity index (χ1v) is 13.3. The summed E-state index contributed by atoms with van der Waals surface area (Å²) in [5.74, 6) is 1.72. The van der Waals surface area contributed by atoms with Gasteiger partial charge in [-0.3, -0.25) is 9.59 Å². The molecule has 1 heterocycles. The Labute approximate surface area is 222 Å². The van der Waals surface area contributed by atoms with E-state index < -0.39 is 0 Å². The molecule has 7 heteroatoms. The molecule has 38 heavy (non-hydrogen) atoms. The van der Waals surface area contributed by atoms with Crippen LogP contribution in [0.15, 0.2) is 66.7 Å². The average molecular weight is 506 g/mol. The molecule has 1 saturated carbocycles. The molecule has 2 N–H and O–H groups in total. The number of para-hydroxylation sites is 1. The molecule has 1 fully saturated rings. The molecule has 6 rings (SSSR count). The second kappa shape index (κ2) is 9.89. The standard InChI is InChI=1S/C31H31N5O2/c1-36(2)29-24-10-5-6-13-26(24)34-31(35-29)33-20-16-14-19(15-17-20)18-32-30(38)25-12-7-11-22-21-8-3-4-9-23(21)28(37)27(22)25/h3-13,19-20H,14-18H2,1-2H3,(H,32,38)(H,33,34,35). The molecule has 0 spiro atoms. The Morgan fingerprint density at radius 3 is 2.37 bits per heavy atom. The molecule has 0 atom stereocenters. The van der Waals surface area contributed by atoms with E-state index in [4.69, 9.17) is 9.97 Å². The van der Waals surface area contributed by atoms with Crippen LogP contribution in [0.4, 0.5) is 11.8 Å². The van der Waals surface area contributed by atoms with Gasteiger partial charge in [-0.05, 0) is 60.9 Å². The SMILES string of the molecule is CN(C)c1nc(NC2CCC(CNC(=O)c3cccc4c3C(=O)c3ccccc3-4)CC2)nc2ccccc12. The van der Waals surface area contributed by atoms with Gasteiger partial charge in [-0.25, -0.2) is 4.98 Å². The van der Waals surface area contributed by atoms with Crippen molar-refractivity contribution >= 4 is 34.4 Å². The summed E-state index contributed by atoms with van der Waals surface area (Å²) in [6, 6.07) is 21.5. The summed E-state index contributed by atoms with van der Waals surface area (Å²) in [5.41, 5.74) is 4.33. The second-order valence-corrected chi connectivity index (χ2v) is 10.5. The van der Waals surface area contributed by atoms with Crippen LogP contribution in [0.1, 0.15) is 52.0 Å². The maximum absolute atomic E-state index is 13.1. The molecule has 2 aliphatic rings. The first kappa shape index (κ1) is 24.1. The normalized spacial score (nSPS) is 18.1. The van der Waals surface area contributed by atoms with E-state index in [0.29, 0.717) is 41.1 Å². The van der Waals surface area contributed by atoms with Crippen LogP contribution in [0.3, 0.4) is 0 Å². The summed E-state index contributed by atoms with van der Waals surface area (Å²) in [6.07, 6.45) is 3.98. The largest absolute Gasteiger partial charge is 0.362 e. The lowest BCUT2D eigenvalue weighted by Crippen LogP contribution is -2.34. The number of nitrogens with zero attached hydrogens (tertiary/aromatic N) is 3. The third-order valence-corrected chi connectivity index (χ3v) is 7.74. The lowest BCUT2D eigenvalue weighted by molar-refractivity contribution is 0.0933. The summed E-state index contributed by atoms with van der Waals surface area (Å²) in [5, 5.41) is 7.70. The Bertz CT molecular complexity index is 1540. The third-order valence-electron chi connectivity index (χ3n) is 7.74. The highest BCUT2D eigenvalue weighted by molar-refractivity contribution is 6.25. The van der Waals surface area contributed by atoms with Crippen LogP contribution >= 0.6 is 0 Å². The molecule has 0 aliphatic heterocycles. The van der Waals surface area contributed by atoms with Gasteiger partial charge in [0.1, 0.15) is 5.82 Å². The van der Waals surface area contributed by atoms with Gasteiger partial charge in [0, 0.05) is 43.2 Å². The molecule has 0 saturated heterocycles. The Morgan fingerprint density at radius 2 is 1.58 bits per heavy atom. The molecule has 192 valence electrons. The molecule has 4 aromatic rings. The van der Waals surface area contributed by atoms with Crippen molar-refractivity contribution in [2.75, 3.05) is 30.9 Å². The van der Waals surface area contributed by atoms with E-state index in [1.54, 1.807) is 6.07 Å². The van der Waals surface area contributed by atoms with Crippen LogP contribution in [-0.2, 0) is 0 Å². The number of amides is 1. The molecule has 1 aromatic heterocycles. The van der Waals surface area contributed by atoms with E-state index in [1.807, 2.05) is 79.7 Å². The topological polar surface area (TPSA) is 87.2 Å². The van der Waals surface area contributed by atoms with Crippen molar-refractivity contribution in [3.05, 3.63) is 83.4 Å². The summed E-state index contributed by atoms with van der Waals surface area (Å²) in [7, 11) is 3.99. The molecule has 3 aromatic carbocycles. The number of carbonyl (C=O) groups is 2. The van der Waals surface area contributed by atoms with E-state index in [1.165, 1.54) is 0 Å². The Balaban J connectivity index is 1.07. The summed E-state index contributed by atoms with van der Waals surface area (Å²) in [4.78, 5) is 37.7. The molecule has 2 aliphatic carbocycles. The van der Waals surface area contributed by atoms with Crippen molar-refractivity contribution in [2.45, 2.75) is 31.7 Å². The van der Waals surface area contributed by atoms with Crippen molar-refractivity contribution in [1.29, 1.82) is 0 Å². The minimum absolute atomic E-state index is 0.0683. The fraction of sp³-hybridized carbons (Fsp3) is 0.290. The van der Waals surface area contributed by atoms with Gasteiger partial charge in [0.05, 0.1) is 11.1 Å². The first-order chi connectivity index (χ1) is 18.5. The summed E-state index contributed by atoms with van der Waals surface area (Å²) >= 11 is 0. The summed E-state index contributed by atoms with van der Waals surface area (Å²) in [6.45, 7) is 0.605. The van der Waals surface area contributed by atoms with E-state index in [0.717, 1.165) is 53.5 Å². The molecule has 0 unspecified atom stereocenters. The quantitative estimate of drug-likeness (QED) is 0.325. The zero-order valence-corrected chi connectivity index (χ0v) is 21.7. The number of aromatic nitrogens is 2. The van der Waals surface area contributed by atoms with Crippen LogP contribution in [-0.4, -0.2) is 48.3 Å². The van der Waals surface area contributed by atoms with E-state index in [9.17, 15) is 9.59 Å². The Hall–Kier alpha value is -4.26. The number of anilines is 2. The molecule has 7 nitrogen and oxygen atoms in total. The average Bonchev–Trinajstić information content (AvgIpc) is 3.24. The minimum Gasteiger partial charge on any atom is -0.362 e. The fourth-order valence-corrected chi connectivity index (χ4v) is 5.75. The van der Waals surface area contributed by atoms with Crippen LogP contribution in [0.2, 0.25) is 0 Å². The van der Waals surface area contributed by atoms with Gasteiger partial charge >= 0.3 is 0 Å². The fourth-order valence-electron chi connectivity index (χ4n) is 5.75. The van der Waals surface area contributed by atoms with Gasteiger partial charge in [0.2, 0.25) is 5.95 Å². The number of hydrogen-bond acceptors (Lipinski definition) is 6. The lowest BCUT2D eigenvalue weighted by Gasteiger charge is -2.29. The number of rotatable bonds is 6. The number of benzene rings is 3. The lowest BCUT2D eigenvalue weighted by atomic mass is 9.86. The van der Waals surface area contributed by atoms with Crippen LogP contribution in [0, 0.1) is 5.92 Å². The van der Waals surface area contributed by atoms with Crippen LogP contribution in [0.5, 0.6) is 0 Å². The molecular weight excluding hydrogens is 474 g/mol. The first-order valence-electron chi connectivity index (χ1n) is 13.3. The highest BCUT2D eigenvalue weighted by Gasteiger charge is 2.31. The molecule has 1 amide bonds. The smallest absolute Gasteiger partial charge is 0.252 e. The number of nitrogens with one attached hydrogen (secondary N) is 2. The van der Waals surface area contributed by atoms with Crippen LogP contribution in [0.25, 0.3) is 22.0 Å². The molecule has 0 bridgehead atoms. The minimum atomic E-state index is -0.177. The van der Waals surface area contributed by atoms with Crippen LogP contribution < -0.4 is 15.5 Å². The maximum Gasteiger partial charge on any atom is 0.252 e. The zero-order chi connectivity index (χ0) is 26.2. The van der Waals surface area contributed by atoms with E-state index >= 15 is 0 Å². The Kier molecular flexibility index (Phi) is 6.27. The summed E-state index contributed by atoms with van der Waals surface area (Å²) < 4.78 is 0. The van der Waals surface area contributed by atoms with Gasteiger partial charge in [-0.15, -0.1) is 0 Å². The monoisotopic (exact) mass is 505 g/mol. The van der Waals surface area contributed by atoms with Crippen molar-refractivity contribution in [2.24, 2.45) is 5.92 Å². The van der Waals surface area contributed by atoms with Crippen molar-refractivity contribution < 1.29 is 9.59 Å². The predicted octanol–water partition coefficient (Wildman–Crippen LogP) is 5.31. The molecule has 0 radical (unpaired) electrons. The predicted molar refractivity (Wildman–Crippen MR) is 151 cm³/mol. The van der Waals surface area contributed by atoms with Gasteiger partial charge in [0.15, 0.2) is 5.78 Å². The number of ketones is 1. The second-order valence-electron chi connectivity index (χ2n) is 10.5. The highest BCUT2D eigenvalue weighted by atomic mass is 16.2. The van der Waals surface area contributed by atoms with Crippen molar-refractivity contribution in [3.8, 4) is 11.1 Å². The van der Waals surface area contributed by atoms with E-state index in [-0.39, 0.29) is 11.7 Å². The van der Waals surface area contributed by atoms with Gasteiger partial charge < -0.3 is 15.5 Å². The number of carbonyl (C=O) groups excluding carboxylic acids is 2. The maximum atomic E-state index is 13.1. The van der Waals surface area contributed by atoms with Crippen molar-refractivity contribution in [3.63, 3.8) is 0 Å². The molecular formula is C31H31N5O2. The van der Waals surface area contributed by atoms with Gasteiger partial charge in [-0.1, -0.05) is 48.5 Å².